The van der Waals surface area contributed by atoms with Crippen molar-refractivity contribution in [3.63, 3.8) is 0 Å². The van der Waals surface area contributed by atoms with Crippen molar-refractivity contribution in [2.24, 2.45) is 5.92 Å². The second-order valence-electron chi connectivity index (χ2n) is 9.51. The molecule has 8 heteroatoms. The van der Waals surface area contributed by atoms with E-state index in [0.29, 0.717) is 16.6 Å². The Kier molecular flexibility index (Phi) is 8.68. The van der Waals surface area contributed by atoms with Gasteiger partial charge >= 0.3 is 5.97 Å². The van der Waals surface area contributed by atoms with Crippen LogP contribution < -0.4 is 4.74 Å². The van der Waals surface area contributed by atoms with Crippen LogP contribution in [0.5, 0.6) is 5.75 Å². The van der Waals surface area contributed by atoms with Gasteiger partial charge in [-0.3, -0.25) is 0 Å². The largest absolute Gasteiger partial charge is 0.482 e. The Morgan fingerprint density at radius 1 is 0.842 bits per heavy atom. The summed E-state index contributed by atoms with van der Waals surface area (Å²) in [5.41, 5.74) is -0.943. The molecule has 0 bridgehead atoms. The Morgan fingerprint density at radius 2 is 1.34 bits per heavy atom. The molecule has 3 aromatic rings. The van der Waals surface area contributed by atoms with Gasteiger partial charge in [0.15, 0.2) is 26.9 Å². The number of benzene rings is 3. The highest BCUT2D eigenvalue weighted by atomic mass is 32.2. The molecule has 1 aliphatic rings. The smallest absolute Gasteiger partial charge is 0.345 e. The summed E-state index contributed by atoms with van der Waals surface area (Å²) in [5.74, 6) is 3.15. The Morgan fingerprint density at radius 3 is 1.84 bits per heavy atom. The molecule has 38 heavy (non-hydrogen) atoms. The van der Waals surface area contributed by atoms with Gasteiger partial charge in [0.1, 0.15) is 29.0 Å². The summed E-state index contributed by atoms with van der Waals surface area (Å²) in [6.45, 7) is 3.12. The van der Waals surface area contributed by atoms with Crippen molar-refractivity contribution < 1.29 is 31.8 Å². The number of halogens is 4. The number of hydrogen-bond donors (Lipinski definition) is 0. The lowest BCUT2D eigenvalue weighted by Crippen LogP contribution is -2.29. The average molecular weight is 544 g/mol. The van der Waals surface area contributed by atoms with Crippen LogP contribution in [0.4, 0.5) is 17.6 Å². The molecule has 0 atom stereocenters. The Labute approximate surface area is 222 Å². The molecule has 4 rings (SSSR count). The molecule has 0 saturated heterocycles. The predicted molar refractivity (Wildman–Crippen MR) is 137 cm³/mol. The van der Waals surface area contributed by atoms with E-state index in [4.69, 9.17) is 9.47 Å². The highest BCUT2D eigenvalue weighted by molar-refractivity contribution is 7.97. The van der Waals surface area contributed by atoms with Gasteiger partial charge in [0.25, 0.3) is 0 Å². The van der Waals surface area contributed by atoms with E-state index in [1.165, 1.54) is 12.8 Å². The van der Waals surface area contributed by atoms with Crippen molar-refractivity contribution in [1.29, 1.82) is 0 Å². The number of hydrogen-bond acceptors (Lipinski definition) is 3. The first kappa shape index (κ1) is 27.6. The van der Waals surface area contributed by atoms with Crippen molar-refractivity contribution in [3.05, 3.63) is 83.9 Å². The third kappa shape index (κ3) is 7.55. The fourth-order valence-electron chi connectivity index (χ4n) is 4.20. The summed E-state index contributed by atoms with van der Waals surface area (Å²) in [7, 11) is -1.22. The average Bonchev–Trinajstić information content (AvgIpc) is 3.35. The highest BCUT2D eigenvalue weighted by Gasteiger charge is 2.31. The van der Waals surface area contributed by atoms with Gasteiger partial charge in [0, 0.05) is 42.3 Å². The second kappa shape index (κ2) is 12.0. The number of carbonyl (C=O) groups is 1. The summed E-state index contributed by atoms with van der Waals surface area (Å²) < 4.78 is 67.0. The van der Waals surface area contributed by atoms with E-state index in [1.807, 2.05) is 0 Å². The maximum Gasteiger partial charge on any atom is 0.345 e. The monoisotopic (exact) mass is 543 g/mol. The van der Waals surface area contributed by atoms with Crippen molar-refractivity contribution in [1.82, 2.24) is 0 Å². The topological polar surface area (TPSA) is 35.5 Å². The van der Waals surface area contributed by atoms with Crippen LogP contribution in [-0.2, 0) is 20.4 Å². The van der Waals surface area contributed by atoms with Crippen molar-refractivity contribution in [2.45, 2.75) is 59.8 Å². The van der Waals surface area contributed by atoms with Gasteiger partial charge in [-0.15, -0.1) is 0 Å². The molecular formula is C30H27F4O3S+. The summed E-state index contributed by atoms with van der Waals surface area (Å²) in [5, 5.41) is 0. The summed E-state index contributed by atoms with van der Waals surface area (Å²) in [6.07, 6.45) is 4.48. The van der Waals surface area contributed by atoms with Crippen LogP contribution in [0.3, 0.4) is 0 Å². The Balaban J connectivity index is 1.47. The van der Waals surface area contributed by atoms with E-state index >= 15 is 0 Å². The van der Waals surface area contributed by atoms with Crippen LogP contribution >= 0.6 is 0 Å². The third-order valence-electron chi connectivity index (χ3n) is 5.86. The minimum absolute atomic E-state index is 0.214. The number of carbonyl (C=O) groups excluding carboxylic acids is 1. The zero-order valence-corrected chi connectivity index (χ0v) is 21.8. The number of ether oxygens (including phenoxy) is 2. The van der Waals surface area contributed by atoms with E-state index in [-0.39, 0.29) is 16.4 Å². The van der Waals surface area contributed by atoms with Crippen LogP contribution in [0.1, 0.15) is 39.5 Å². The molecule has 1 aliphatic carbocycles. The first-order valence-electron chi connectivity index (χ1n) is 12.2. The van der Waals surface area contributed by atoms with Crippen molar-refractivity contribution >= 4 is 16.9 Å². The van der Waals surface area contributed by atoms with E-state index in [1.54, 1.807) is 38.1 Å². The lowest BCUT2D eigenvalue weighted by atomic mass is 10.1. The van der Waals surface area contributed by atoms with Crippen LogP contribution in [0, 0.1) is 41.0 Å². The molecule has 0 radical (unpaired) electrons. The zero-order valence-electron chi connectivity index (χ0n) is 21.0. The molecule has 3 nitrogen and oxygen atoms in total. The fraction of sp³-hybridized carbons (Fsp3) is 0.300. The lowest BCUT2D eigenvalue weighted by Gasteiger charge is -2.19. The molecule has 3 aromatic carbocycles. The van der Waals surface area contributed by atoms with E-state index < -0.39 is 45.7 Å². The Bertz CT molecular complexity index is 1260. The molecule has 0 N–H and O–H groups in total. The minimum atomic E-state index is -1.22. The second-order valence-corrected chi connectivity index (χ2v) is 11.5. The molecule has 0 aromatic heterocycles. The minimum Gasteiger partial charge on any atom is -0.482 e. The van der Waals surface area contributed by atoms with Crippen LogP contribution in [-0.4, -0.2) is 18.2 Å². The first-order chi connectivity index (χ1) is 18.1. The Hall–Kier alpha value is -3.44. The first-order valence-corrected chi connectivity index (χ1v) is 13.4. The van der Waals surface area contributed by atoms with Crippen LogP contribution in [0.25, 0.3) is 0 Å². The number of rotatable bonds is 7. The molecule has 0 unspecified atom stereocenters. The van der Waals surface area contributed by atoms with Gasteiger partial charge in [0.05, 0.1) is 10.9 Å². The van der Waals surface area contributed by atoms with Gasteiger partial charge in [-0.2, -0.15) is 0 Å². The molecule has 0 amide bonds. The van der Waals surface area contributed by atoms with E-state index in [0.717, 1.165) is 49.2 Å². The van der Waals surface area contributed by atoms with Gasteiger partial charge in [-0.05, 0) is 51.0 Å². The quantitative estimate of drug-likeness (QED) is 0.137. The van der Waals surface area contributed by atoms with E-state index in [2.05, 4.69) is 11.8 Å². The van der Waals surface area contributed by atoms with Crippen molar-refractivity contribution in [3.8, 4) is 17.6 Å². The molecular weight excluding hydrogens is 516 g/mol. The molecule has 0 heterocycles. The van der Waals surface area contributed by atoms with Gasteiger partial charge < -0.3 is 9.47 Å². The highest BCUT2D eigenvalue weighted by Crippen LogP contribution is 2.34. The summed E-state index contributed by atoms with van der Waals surface area (Å²) >= 11 is 0. The standard InChI is InChI=1S/C30H27F4O3S/c1-30(2,12-11-20-5-3-4-6-20)37-29(35)19-36-25-7-9-26(10-8-25)38(27-15-21(31)13-22(32)16-27)28-17-23(33)14-24(34)18-28/h7-10,13-18,20H,3-6,19H2,1-2H3/q+1. The maximum atomic E-state index is 14.0. The maximum absolute atomic E-state index is 14.0. The van der Waals surface area contributed by atoms with Gasteiger partial charge in [-0.1, -0.05) is 24.7 Å². The van der Waals surface area contributed by atoms with Gasteiger partial charge in [-0.25, -0.2) is 22.4 Å². The molecule has 0 spiro atoms. The van der Waals surface area contributed by atoms with Crippen molar-refractivity contribution in [2.75, 3.05) is 6.61 Å². The normalized spacial score (nSPS) is 13.8. The molecule has 198 valence electrons. The zero-order chi connectivity index (χ0) is 27.3. The van der Waals surface area contributed by atoms with Gasteiger partial charge in [0.2, 0.25) is 0 Å². The van der Waals surface area contributed by atoms with Crippen LogP contribution in [0.15, 0.2) is 75.4 Å². The number of esters is 1. The summed E-state index contributed by atoms with van der Waals surface area (Å²) in [4.78, 5) is 13.3. The molecule has 1 saturated carbocycles. The third-order valence-corrected chi connectivity index (χ3v) is 8.02. The predicted octanol–water partition coefficient (Wildman–Crippen LogP) is 7.23. The van der Waals surface area contributed by atoms with Crippen LogP contribution in [0.2, 0.25) is 0 Å². The fourth-order valence-corrected chi connectivity index (χ4v) is 6.35. The summed E-state index contributed by atoms with van der Waals surface area (Å²) in [6, 6.07) is 12.4. The molecule has 1 fully saturated rings. The SMILES string of the molecule is CC(C)(C#CC1CCCC1)OC(=O)COc1ccc([S+](c2cc(F)cc(F)c2)c2cc(F)cc(F)c2)cc1. The lowest BCUT2D eigenvalue weighted by molar-refractivity contribution is -0.154. The molecule has 0 aliphatic heterocycles. The van der Waals surface area contributed by atoms with E-state index in [9.17, 15) is 22.4 Å².